The van der Waals surface area contributed by atoms with Gasteiger partial charge in [-0.15, -0.1) is 0 Å². The zero-order chi connectivity index (χ0) is 12.6. The molecule has 1 aromatic rings. The van der Waals surface area contributed by atoms with Gasteiger partial charge in [-0.3, -0.25) is 0 Å². The Morgan fingerprint density at radius 3 is 2.76 bits per heavy atom. The molecule has 1 heterocycles. The van der Waals surface area contributed by atoms with Crippen LogP contribution in [-0.4, -0.2) is 34.3 Å². The van der Waals surface area contributed by atoms with E-state index in [0.717, 1.165) is 0 Å². The van der Waals surface area contributed by atoms with Gasteiger partial charge in [-0.05, 0) is 6.42 Å². The van der Waals surface area contributed by atoms with Crippen LogP contribution in [0, 0.1) is 5.41 Å². The molecule has 2 rings (SSSR count). The molecule has 2 atom stereocenters. The molecule has 0 aliphatic heterocycles. The first-order chi connectivity index (χ1) is 7.95. The smallest absolute Gasteiger partial charge is 0.224 e. The minimum absolute atomic E-state index is 0.159. The lowest BCUT2D eigenvalue weighted by atomic mass is 9.64. The highest BCUT2D eigenvalue weighted by atomic mass is 35.5. The first-order valence-electron chi connectivity index (χ1n) is 5.60. The number of aliphatic hydroxyl groups excluding tert-OH is 1. The predicted octanol–water partition coefficient (Wildman–Crippen LogP) is 1.74. The van der Waals surface area contributed by atoms with E-state index in [1.54, 1.807) is 13.2 Å². The fourth-order valence-corrected chi connectivity index (χ4v) is 2.05. The Labute approximate surface area is 106 Å². The number of nitrogens with one attached hydrogen (secondary N) is 2. The number of hydrogen-bond donors (Lipinski definition) is 3. The van der Waals surface area contributed by atoms with Crippen LogP contribution >= 0.6 is 11.6 Å². The molecular formula is C11H17ClN4O. The average Bonchev–Trinajstić information content (AvgIpc) is 2.31. The largest absolute Gasteiger partial charge is 0.392 e. The van der Waals surface area contributed by atoms with Crippen molar-refractivity contribution in [1.82, 2.24) is 9.97 Å². The van der Waals surface area contributed by atoms with Crippen molar-refractivity contribution >= 4 is 23.4 Å². The lowest BCUT2D eigenvalue weighted by molar-refractivity contribution is -0.0511. The van der Waals surface area contributed by atoms with Gasteiger partial charge in [-0.2, -0.15) is 4.98 Å². The normalized spacial score (nSPS) is 26.2. The fourth-order valence-electron chi connectivity index (χ4n) is 1.90. The third-order valence-corrected chi connectivity index (χ3v) is 3.77. The summed E-state index contributed by atoms with van der Waals surface area (Å²) < 4.78 is 0. The van der Waals surface area contributed by atoms with Gasteiger partial charge in [0.25, 0.3) is 0 Å². The van der Waals surface area contributed by atoms with Gasteiger partial charge in [0.1, 0.15) is 5.02 Å². The van der Waals surface area contributed by atoms with Gasteiger partial charge >= 0.3 is 0 Å². The second kappa shape index (κ2) is 4.31. The molecule has 1 aliphatic carbocycles. The Morgan fingerprint density at radius 2 is 2.24 bits per heavy atom. The van der Waals surface area contributed by atoms with Crippen molar-refractivity contribution in [2.75, 3.05) is 17.7 Å². The standard InChI is InChI=1S/C11H17ClN4O/c1-11(2)7(4-8(11)17)15-9-6(12)5-14-10(13-3)16-9/h5,7-8,17H,4H2,1-3H3,(H2,13,14,15,16). The average molecular weight is 257 g/mol. The quantitative estimate of drug-likeness (QED) is 0.769. The lowest BCUT2D eigenvalue weighted by Gasteiger charge is -2.49. The molecule has 1 saturated carbocycles. The van der Waals surface area contributed by atoms with Gasteiger partial charge < -0.3 is 15.7 Å². The number of rotatable bonds is 3. The Kier molecular flexibility index (Phi) is 3.14. The second-order valence-electron chi connectivity index (χ2n) is 4.91. The van der Waals surface area contributed by atoms with Crippen molar-refractivity contribution < 1.29 is 5.11 Å². The summed E-state index contributed by atoms with van der Waals surface area (Å²) in [5.74, 6) is 1.13. The maximum atomic E-state index is 9.68. The Hall–Kier alpha value is -1.07. The van der Waals surface area contributed by atoms with Crippen molar-refractivity contribution in [1.29, 1.82) is 0 Å². The van der Waals surface area contributed by atoms with Crippen LogP contribution in [-0.2, 0) is 0 Å². The maximum Gasteiger partial charge on any atom is 0.224 e. The van der Waals surface area contributed by atoms with Crippen LogP contribution in [0.15, 0.2) is 6.20 Å². The Bertz CT molecular complexity index is 424. The molecule has 94 valence electrons. The Balaban J connectivity index is 2.14. The molecule has 0 aromatic carbocycles. The molecule has 1 aliphatic rings. The number of hydrogen-bond acceptors (Lipinski definition) is 5. The van der Waals surface area contributed by atoms with E-state index in [-0.39, 0.29) is 17.6 Å². The molecule has 3 N–H and O–H groups in total. The summed E-state index contributed by atoms with van der Waals surface area (Å²) in [6, 6.07) is 0.176. The summed E-state index contributed by atoms with van der Waals surface area (Å²) in [5.41, 5.74) is -0.159. The Morgan fingerprint density at radius 1 is 1.53 bits per heavy atom. The lowest BCUT2D eigenvalue weighted by Crippen LogP contribution is -2.57. The summed E-state index contributed by atoms with van der Waals surface area (Å²) in [5, 5.41) is 16.3. The van der Waals surface area contributed by atoms with Crippen LogP contribution in [0.25, 0.3) is 0 Å². The molecule has 0 bridgehead atoms. The monoisotopic (exact) mass is 256 g/mol. The number of nitrogens with zero attached hydrogens (tertiary/aromatic N) is 2. The van der Waals surface area contributed by atoms with Gasteiger partial charge in [-0.25, -0.2) is 4.98 Å². The van der Waals surface area contributed by atoms with E-state index >= 15 is 0 Å². The number of anilines is 2. The maximum absolute atomic E-state index is 9.68. The summed E-state index contributed by atoms with van der Waals surface area (Å²) >= 11 is 6.03. The van der Waals surface area contributed by atoms with Crippen LogP contribution in [0.1, 0.15) is 20.3 Å². The van der Waals surface area contributed by atoms with Crippen LogP contribution in [0.3, 0.4) is 0 Å². The highest BCUT2D eigenvalue weighted by Gasteiger charge is 2.47. The van der Waals surface area contributed by atoms with Crippen LogP contribution in [0.4, 0.5) is 11.8 Å². The van der Waals surface area contributed by atoms with E-state index < -0.39 is 0 Å². The van der Waals surface area contributed by atoms with Crippen molar-refractivity contribution in [2.45, 2.75) is 32.4 Å². The van der Waals surface area contributed by atoms with Crippen molar-refractivity contribution in [3.8, 4) is 0 Å². The molecule has 0 amide bonds. The number of halogens is 1. The summed E-state index contributed by atoms with van der Waals surface area (Å²) in [7, 11) is 1.75. The highest BCUT2D eigenvalue weighted by Crippen LogP contribution is 2.42. The van der Waals surface area contributed by atoms with Crippen LogP contribution in [0.2, 0.25) is 5.02 Å². The third kappa shape index (κ3) is 2.17. The highest BCUT2D eigenvalue weighted by molar-refractivity contribution is 6.32. The van der Waals surface area contributed by atoms with Crippen molar-refractivity contribution in [3.05, 3.63) is 11.2 Å². The van der Waals surface area contributed by atoms with Gasteiger partial charge in [0.15, 0.2) is 5.82 Å². The molecule has 6 heteroatoms. The third-order valence-electron chi connectivity index (χ3n) is 3.49. The SMILES string of the molecule is CNc1ncc(Cl)c(NC2CC(O)C2(C)C)n1. The topological polar surface area (TPSA) is 70.1 Å². The van der Waals surface area contributed by atoms with Crippen molar-refractivity contribution in [3.63, 3.8) is 0 Å². The van der Waals surface area contributed by atoms with Gasteiger partial charge in [-0.1, -0.05) is 25.4 Å². The second-order valence-corrected chi connectivity index (χ2v) is 5.32. The number of aromatic nitrogens is 2. The molecule has 0 radical (unpaired) electrons. The zero-order valence-electron chi connectivity index (χ0n) is 10.2. The summed E-state index contributed by atoms with van der Waals surface area (Å²) in [6.45, 7) is 4.04. The molecule has 2 unspecified atom stereocenters. The minimum atomic E-state index is -0.274. The zero-order valence-corrected chi connectivity index (χ0v) is 10.9. The predicted molar refractivity (Wildman–Crippen MR) is 68.4 cm³/mol. The molecule has 5 nitrogen and oxygen atoms in total. The molecular weight excluding hydrogens is 240 g/mol. The van der Waals surface area contributed by atoms with Crippen LogP contribution in [0.5, 0.6) is 0 Å². The molecule has 17 heavy (non-hydrogen) atoms. The first-order valence-corrected chi connectivity index (χ1v) is 5.98. The van der Waals surface area contributed by atoms with E-state index in [2.05, 4.69) is 20.6 Å². The molecule has 1 fully saturated rings. The van der Waals surface area contributed by atoms with E-state index in [1.165, 1.54) is 0 Å². The summed E-state index contributed by atoms with van der Waals surface area (Å²) in [6.07, 6.45) is 2.00. The summed E-state index contributed by atoms with van der Waals surface area (Å²) in [4.78, 5) is 8.27. The minimum Gasteiger partial charge on any atom is -0.392 e. The number of aliphatic hydroxyl groups is 1. The molecule has 0 saturated heterocycles. The van der Waals surface area contributed by atoms with Gasteiger partial charge in [0.2, 0.25) is 5.95 Å². The van der Waals surface area contributed by atoms with E-state index in [1.807, 2.05) is 13.8 Å². The van der Waals surface area contributed by atoms with E-state index in [0.29, 0.717) is 23.2 Å². The van der Waals surface area contributed by atoms with Gasteiger partial charge in [0.05, 0.1) is 12.3 Å². The van der Waals surface area contributed by atoms with E-state index in [9.17, 15) is 5.11 Å². The fraction of sp³-hybridized carbons (Fsp3) is 0.636. The van der Waals surface area contributed by atoms with E-state index in [4.69, 9.17) is 11.6 Å². The molecule has 0 spiro atoms. The first kappa shape index (κ1) is 12.4. The van der Waals surface area contributed by atoms with Crippen LogP contribution < -0.4 is 10.6 Å². The van der Waals surface area contributed by atoms with Gasteiger partial charge in [0, 0.05) is 18.5 Å². The molecule has 1 aromatic heterocycles. The van der Waals surface area contributed by atoms with Crippen molar-refractivity contribution in [2.24, 2.45) is 5.41 Å².